The molecule has 2 N–H and O–H groups in total. The summed E-state index contributed by atoms with van der Waals surface area (Å²) >= 11 is 6.20. The van der Waals surface area contributed by atoms with Crippen molar-refractivity contribution in [1.82, 2.24) is 30.0 Å². The van der Waals surface area contributed by atoms with E-state index in [0.717, 1.165) is 0 Å². The standard InChI is InChI=1S/C17H18ClN7O3/c1-10(15-21-9-22-25(15)16-19-5-4-6-20-16)23-17(26)24-12-8-14(28-3)13(27-2)7-11(12)18/h4-10H,1-3H3,(H2,23,24,26)/t10-/m0/s1. The van der Waals surface area contributed by atoms with Gasteiger partial charge in [-0.15, -0.1) is 0 Å². The number of methoxy groups -OCH3 is 2. The maximum absolute atomic E-state index is 12.4. The van der Waals surface area contributed by atoms with Crippen LogP contribution in [0.25, 0.3) is 5.95 Å². The molecule has 0 fully saturated rings. The molecule has 3 rings (SSSR count). The Labute approximate surface area is 165 Å². The summed E-state index contributed by atoms with van der Waals surface area (Å²) in [6.45, 7) is 1.76. The van der Waals surface area contributed by atoms with Crippen molar-refractivity contribution in [1.29, 1.82) is 0 Å². The summed E-state index contributed by atoms with van der Waals surface area (Å²) in [5.74, 6) is 1.73. The molecule has 2 aromatic heterocycles. The minimum atomic E-state index is -0.481. The highest BCUT2D eigenvalue weighted by molar-refractivity contribution is 6.34. The van der Waals surface area contributed by atoms with Crippen molar-refractivity contribution in [2.24, 2.45) is 0 Å². The molecule has 0 saturated carbocycles. The summed E-state index contributed by atoms with van der Waals surface area (Å²) in [6, 6.07) is 3.87. The van der Waals surface area contributed by atoms with Crippen molar-refractivity contribution in [2.45, 2.75) is 13.0 Å². The number of aromatic nitrogens is 5. The van der Waals surface area contributed by atoms with Gasteiger partial charge in [0.05, 0.1) is 31.0 Å². The van der Waals surface area contributed by atoms with Crippen molar-refractivity contribution in [3.63, 3.8) is 0 Å². The lowest BCUT2D eigenvalue weighted by atomic mass is 10.2. The summed E-state index contributed by atoms with van der Waals surface area (Å²) in [5.41, 5.74) is 0.372. The number of urea groups is 1. The zero-order chi connectivity index (χ0) is 20.1. The van der Waals surface area contributed by atoms with E-state index in [1.54, 1.807) is 37.5 Å². The van der Waals surface area contributed by atoms with E-state index in [9.17, 15) is 4.79 Å². The number of nitrogens with one attached hydrogen (secondary N) is 2. The van der Waals surface area contributed by atoms with Gasteiger partial charge in [-0.1, -0.05) is 11.6 Å². The number of halogens is 1. The van der Waals surface area contributed by atoms with Crippen molar-refractivity contribution in [3.05, 3.63) is 47.8 Å². The van der Waals surface area contributed by atoms with Crippen molar-refractivity contribution in [2.75, 3.05) is 19.5 Å². The first-order valence-electron chi connectivity index (χ1n) is 8.19. The maximum atomic E-state index is 12.4. The van der Waals surface area contributed by atoms with Crippen LogP contribution in [0.3, 0.4) is 0 Å². The molecule has 0 unspecified atom stereocenters. The average molecular weight is 404 g/mol. The summed E-state index contributed by atoms with van der Waals surface area (Å²) in [4.78, 5) is 24.9. The number of carbonyl (C=O) groups is 1. The normalized spacial score (nSPS) is 11.6. The minimum absolute atomic E-state index is 0.307. The number of anilines is 1. The number of hydrogen-bond donors (Lipinski definition) is 2. The molecule has 0 radical (unpaired) electrons. The molecule has 3 aromatic rings. The number of nitrogens with zero attached hydrogens (tertiary/aromatic N) is 5. The van der Waals surface area contributed by atoms with E-state index in [1.807, 2.05) is 0 Å². The molecule has 146 valence electrons. The largest absolute Gasteiger partial charge is 0.493 e. The molecule has 0 bridgehead atoms. The second-order valence-corrected chi connectivity index (χ2v) is 5.99. The molecule has 11 heteroatoms. The summed E-state index contributed by atoms with van der Waals surface area (Å²) in [6.07, 6.45) is 4.56. The van der Waals surface area contributed by atoms with Gasteiger partial charge in [0.2, 0.25) is 0 Å². The lowest BCUT2D eigenvalue weighted by Gasteiger charge is -2.16. The predicted molar refractivity (Wildman–Crippen MR) is 102 cm³/mol. The van der Waals surface area contributed by atoms with Gasteiger partial charge in [0.25, 0.3) is 5.95 Å². The minimum Gasteiger partial charge on any atom is -0.493 e. The first-order valence-corrected chi connectivity index (χ1v) is 8.57. The fourth-order valence-corrected chi connectivity index (χ4v) is 2.67. The summed E-state index contributed by atoms with van der Waals surface area (Å²) in [5, 5.41) is 9.88. The zero-order valence-corrected chi connectivity index (χ0v) is 16.1. The Kier molecular flexibility index (Phi) is 5.90. The van der Waals surface area contributed by atoms with E-state index in [1.165, 1.54) is 25.2 Å². The van der Waals surface area contributed by atoms with Gasteiger partial charge in [0.15, 0.2) is 17.3 Å². The number of amides is 2. The van der Waals surface area contributed by atoms with Gasteiger partial charge in [-0.25, -0.2) is 19.7 Å². The van der Waals surface area contributed by atoms with Crippen LogP contribution in [0, 0.1) is 0 Å². The van der Waals surface area contributed by atoms with Crippen LogP contribution in [0.5, 0.6) is 11.5 Å². The summed E-state index contributed by atoms with van der Waals surface area (Å²) in [7, 11) is 3.00. The van der Waals surface area contributed by atoms with Crippen LogP contribution in [0.15, 0.2) is 36.9 Å². The second kappa shape index (κ2) is 8.53. The Hall–Kier alpha value is -3.40. The Morgan fingerprint density at radius 3 is 2.50 bits per heavy atom. The fourth-order valence-electron chi connectivity index (χ4n) is 2.47. The number of hydrogen-bond acceptors (Lipinski definition) is 7. The molecule has 28 heavy (non-hydrogen) atoms. The molecule has 2 amide bonds. The van der Waals surface area contributed by atoms with E-state index in [0.29, 0.717) is 34.0 Å². The van der Waals surface area contributed by atoms with E-state index in [2.05, 4.69) is 30.7 Å². The molecule has 10 nitrogen and oxygen atoms in total. The Bertz CT molecular complexity index is 965. The Balaban J connectivity index is 1.74. The SMILES string of the molecule is COc1cc(Cl)c(NC(=O)N[C@@H](C)c2ncnn2-c2ncccn2)cc1OC. The monoisotopic (exact) mass is 403 g/mol. The molecule has 0 aliphatic carbocycles. The van der Waals surface area contributed by atoms with Gasteiger partial charge >= 0.3 is 6.03 Å². The van der Waals surface area contributed by atoms with Gasteiger partial charge in [-0.3, -0.25) is 0 Å². The quantitative estimate of drug-likeness (QED) is 0.649. The third-order valence-electron chi connectivity index (χ3n) is 3.77. The highest BCUT2D eigenvalue weighted by Gasteiger charge is 2.19. The molecular formula is C17H18ClN7O3. The van der Waals surface area contributed by atoms with Crippen molar-refractivity contribution >= 4 is 23.3 Å². The Morgan fingerprint density at radius 2 is 1.82 bits per heavy atom. The lowest BCUT2D eigenvalue weighted by molar-refractivity contribution is 0.248. The zero-order valence-electron chi connectivity index (χ0n) is 15.4. The number of rotatable bonds is 6. The lowest BCUT2D eigenvalue weighted by Crippen LogP contribution is -2.32. The molecule has 2 heterocycles. The molecule has 1 aromatic carbocycles. The number of carbonyl (C=O) groups excluding carboxylic acids is 1. The molecule has 0 saturated heterocycles. The van der Waals surface area contributed by atoms with Crippen molar-refractivity contribution < 1.29 is 14.3 Å². The van der Waals surface area contributed by atoms with Gasteiger partial charge in [0.1, 0.15) is 6.33 Å². The molecule has 0 aliphatic rings. The molecule has 0 aliphatic heterocycles. The van der Waals surface area contributed by atoms with Crippen LogP contribution >= 0.6 is 11.6 Å². The molecule has 0 spiro atoms. The maximum Gasteiger partial charge on any atom is 0.319 e. The van der Waals surface area contributed by atoms with Crippen LogP contribution in [0.1, 0.15) is 18.8 Å². The average Bonchev–Trinajstić information content (AvgIpc) is 3.20. The fraction of sp³-hybridized carbons (Fsp3) is 0.235. The second-order valence-electron chi connectivity index (χ2n) is 5.59. The first kappa shape index (κ1) is 19.4. The van der Waals surface area contributed by atoms with Crippen LogP contribution < -0.4 is 20.1 Å². The Morgan fingerprint density at radius 1 is 1.14 bits per heavy atom. The van der Waals surface area contributed by atoms with Crippen molar-refractivity contribution in [3.8, 4) is 17.4 Å². The number of benzene rings is 1. The van der Waals surface area contributed by atoms with Gasteiger partial charge in [-0.2, -0.15) is 9.78 Å². The number of ether oxygens (including phenoxy) is 2. The van der Waals surface area contributed by atoms with Gasteiger partial charge in [-0.05, 0) is 13.0 Å². The van der Waals surface area contributed by atoms with Crippen LogP contribution in [-0.4, -0.2) is 45.0 Å². The van der Waals surface area contributed by atoms with E-state index >= 15 is 0 Å². The summed E-state index contributed by atoms with van der Waals surface area (Å²) < 4.78 is 11.9. The van der Waals surface area contributed by atoms with E-state index in [-0.39, 0.29) is 0 Å². The van der Waals surface area contributed by atoms with Crippen LogP contribution in [0.2, 0.25) is 5.02 Å². The topological polar surface area (TPSA) is 116 Å². The van der Waals surface area contributed by atoms with Gasteiger partial charge in [0, 0.05) is 24.5 Å². The van der Waals surface area contributed by atoms with E-state index in [4.69, 9.17) is 21.1 Å². The first-order chi connectivity index (χ1) is 13.5. The van der Waals surface area contributed by atoms with Gasteiger partial charge < -0.3 is 20.1 Å². The molecular weight excluding hydrogens is 386 g/mol. The highest BCUT2D eigenvalue weighted by atomic mass is 35.5. The van der Waals surface area contributed by atoms with Crippen LogP contribution in [-0.2, 0) is 0 Å². The third-order valence-corrected chi connectivity index (χ3v) is 4.08. The third kappa shape index (κ3) is 4.12. The van der Waals surface area contributed by atoms with Crippen LogP contribution in [0.4, 0.5) is 10.5 Å². The van der Waals surface area contributed by atoms with E-state index < -0.39 is 12.1 Å². The smallest absolute Gasteiger partial charge is 0.319 e. The highest BCUT2D eigenvalue weighted by Crippen LogP contribution is 2.36. The predicted octanol–water partition coefficient (Wildman–Crippen LogP) is 2.61. The molecule has 1 atom stereocenters.